The molecule has 0 heterocycles. The van der Waals surface area contributed by atoms with Crippen LogP contribution in [0.5, 0.6) is 0 Å². The molecule has 1 aromatic rings. The second kappa shape index (κ2) is 7.24. The number of rotatable bonds is 6. The van der Waals surface area contributed by atoms with E-state index in [1.807, 2.05) is 19.9 Å². The van der Waals surface area contributed by atoms with E-state index in [9.17, 15) is 9.90 Å². The smallest absolute Gasteiger partial charge is 0.339 e. The summed E-state index contributed by atoms with van der Waals surface area (Å²) in [6.45, 7) is 12.4. The Labute approximate surface area is 146 Å². The summed E-state index contributed by atoms with van der Waals surface area (Å²) < 4.78 is 5.31. The predicted octanol–water partition coefficient (Wildman–Crippen LogP) is 3.64. The zero-order valence-corrected chi connectivity index (χ0v) is 16.3. The Balaban J connectivity index is 2.11. The minimum Gasteiger partial charge on any atom is -0.461 e. The van der Waals surface area contributed by atoms with Crippen molar-refractivity contribution >= 4 is 19.2 Å². The Bertz CT molecular complexity index is 594. The normalized spacial score (nSPS) is 24.4. The van der Waals surface area contributed by atoms with Gasteiger partial charge in [-0.1, -0.05) is 66.8 Å². The van der Waals surface area contributed by atoms with Crippen LogP contribution in [-0.4, -0.2) is 30.9 Å². The summed E-state index contributed by atoms with van der Waals surface area (Å²) in [6.07, 6.45) is 1.69. The number of benzene rings is 1. The minimum absolute atomic E-state index is 0.195. The highest BCUT2D eigenvalue weighted by molar-refractivity contribution is 6.89. The number of hydrogen-bond donors (Lipinski definition) is 1. The highest BCUT2D eigenvalue weighted by Gasteiger charge is 2.51. The second-order valence-corrected chi connectivity index (χ2v) is 12.7. The Morgan fingerprint density at radius 2 is 2.00 bits per heavy atom. The highest BCUT2D eigenvalue weighted by Crippen LogP contribution is 2.43. The molecule has 4 heteroatoms. The number of carbonyl (C=O) groups excluding carboxylic acids is 1. The average molecular weight is 347 g/mol. The van der Waals surface area contributed by atoms with Crippen LogP contribution in [-0.2, 0) is 9.53 Å². The van der Waals surface area contributed by atoms with E-state index in [-0.39, 0.29) is 12.0 Å². The van der Waals surface area contributed by atoms with Gasteiger partial charge in [-0.05, 0) is 33.1 Å². The van der Waals surface area contributed by atoms with E-state index in [1.165, 1.54) is 5.19 Å². The summed E-state index contributed by atoms with van der Waals surface area (Å²) in [4.78, 5) is 12.4. The summed E-state index contributed by atoms with van der Waals surface area (Å²) in [7, 11) is -1.61. The van der Waals surface area contributed by atoms with Crippen LogP contribution in [0.4, 0.5) is 0 Å². The molecule has 0 aromatic heterocycles. The van der Waals surface area contributed by atoms with Crippen LogP contribution in [0.15, 0.2) is 42.5 Å². The van der Waals surface area contributed by atoms with Crippen molar-refractivity contribution in [2.45, 2.75) is 64.0 Å². The van der Waals surface area contributed by atoms with Gasteiger partial charge in [-0.25, -0.2) is 4.79 Å². The molecule has 1 aromatic carbocycles. The van der Waals surface area contributed by atoms with Crippen molar-refractivity contribution in [2.24, 2.45) is 5.92 Å². The number of esters is 1. The minimum atomic E-state index is -1.61. The van der Waals surface area contributed by atoms with Crippen molar-refractivity contribution in [1.29, 1.82) is 0 Å². The summed E-state index contributed by atoms with van der Waals surface area (Å²) >= 11 is 0. The third kappa shape index (κ3) is 3.98. The zero-order chi connectivity index (χ0) is 18.0. The van der Waals surface area contributed by atoms with Crippen molar-refractivity contribution in [2.75, 3.05) is 0 Å². The lowest BCUT2D eigenvalue weighted by Crippen LogP contribution is -2.47. The van der Waals surface area contributed by atoms with Gasteiger partial charge in [0.15, 0.2) is 5.60 Å². The molecular weight excluding hydrogens is 316 g/mol. The standard InChI is InChI=1S/C20H30O3Si/c1-15(2)23-19(21)20(22)13-11-16(3)18(20)12-14-24(4,5)17-9-7-6-8-10-17/h6-10,15,18,22H,3,11-14H2,1-2,4-5H3/t18-,20+/m0/s1. The molecule has 1 fully saturated rings. The number of carbonyl (C=O) groups is 1. The van der Waals surface area contributed by atoms with E-state index >= 15 is 0 Å². The van der Waals surface area contributed by atoms with E-state index in [1.54, 1.807) is 0 Å². The predicted molar refractivity (Wildman–Crippen MR) is 101 cm³/mol. The molecule has 1 saturated carbocycles. The molecule has 0 unspecified atom stereocenters. The van der Waals surface area contributed by atoms with Crippen molar-refractivity contribution in [3.05, 3.63) is 42.5 Å². The molecule has 24 heavy (non-hydrogen) atoms. The van der Waals surface area contributed by atoms with Gasteiger partial charge in [-0.15, -0.1) is 0 Å². The lowest BCUT2D eigenvalue weighted by Gasteiger charge is -2.32. The molecular formula is C20H30O3Si. The highest BCUT2D eigenvalue weighted by atomic mass is 28.3. The third-order valence-corrected chi connectivity index (χ3v) is 8.64. The van der Waals surface area contributed by atoms with Crippen LogP contribution >= 0.6 is 0 Å². The van der Waals surface area contributed by atoms with E-state index in [0.717, 1.165) is 18.0 Å². The monoisotopic (exact) mass is 346 g/mol. The van der Waals surface area contributed by atoms with Crippen LogP contribution in [0.1, 0.15) is 33.1 Å². The average Bonchev–Trinajstić information content (AvgIpc) is 2.82. The molecule has 0 spiro atoms. The molecule has 0 aliphatic heterocycles. The molecule has 0 radical (unpaired) electrons. The van der Waals surface area contributed by atoms with Gasteiger partial charge in [-0.3, -0.25) is 0 Å². The Hall–Kier alpha value is -1.39. The first-order valence-electron chi connectivity index (χ1n) is 8.83. The first kappa shape index (κ1) is 18.9. The van der Waals surface area contributed by atoms with E-state index < -0.39 is 19.6 Å². The summed E-state index contributed by atoms with van der Waals surface area (Å²) in [5.74, 6) is -0.681. The molecule has 1 aliphatic carbocycles. The fourth-order valence-electron chi connectivity index (χ4n) is 3.58. The van der Waals surface area contributed by atoms with Crippen molar-refractivity contribution in [3.8, 4) is 0 Å². The van der Waals surface area contributed by atoms with Crippen LogP contribution in [0, 0.1) is 5.92 Å². The zero-order valence-electron chi connectivity index (χ0n) is 15.3. The fraction of sp³-hybridized carbons (Fsp3) is 0.550. The Morgan fingerprint density at radius 3 is 2.58 bits per heavy atom. The molecule has 132 valence electrons. The van der Waals surface area contributed by atoms with E-state index in [2.05, 4.69) is 43.9 Å². The van der Waals surface area contributed by atoms with Gasteiger partial charge in [-0.2, -0.15) is 0 Å². The number of hydrogen-bond acceptors (Lipinski definition) is 3. The molecule has 2 atom stereocenters. The SMILES string of the molecule is C=C1CC[C@](O)(C(=O)OC(C)C)[C@H]1CC[Si](C)(C)c1ccccc1. The van der Waals surface area contributed by atoms with Crippen LogP contribution < -0.4 is 5.19 Å². The quantitative estimate of drug-likeness (QED) is 0.486. The maximum absolute atomic E-state index is 12.4. The fourth-order valence-corrected chi connectivity index (χ4v) is 5.97. The molecule has 2 rings (SSSR count). The van der Waals surface area contributed by atoms with Crippen molar-refractivity contribution < 1.29 is 14.6 Å². The molecule has 3 nitrogen and oxygen atoms in total. The summed E-state index contributed by atoms with van der Waals surface area (Å²) in [5, 5.41) is 12.4. The maximum Gasteiger partial charge on any atom is 0.339 e. The number of ether oxygens (including phenoxy) is 1. The van der Waals surface area contributed by atoms with E-state index in [0.29, 0.717) is 12.8 Å². The van der Waals surface area contributed by atoms with Crippen LogP contribution in [0.2, 0.25) is 19.1 Å². The van der Waals surface area contributed by atoms with Crippen molar-refractivity contribution in [3.63, 3.8) is 0 Å². The van der Waals surface area contributed by atoms with Gasteiger partial charge in [0.25, 0.3) is 0 Å². The van der Waals surface area contributed by atoms with Gasteiger partial charge in [0, 0.05) is 5.92 Å². The first-order chi connectivity index (χ1) is 11.2. The molecule has 0 saturated heterocycles. The second-order valence-electron chi connectivity index (χ2n) is 7.88. The van der Waals surface area contributed by atoms with Crippen LogP contribution in [0.3, 0.4) is 0 Å². The first-order valence-corrected chi connectivity index (χ1v) is 12.0. The number of aliphatic hydroxyl groups is 1. The molecule has 0 amide bonds. The largest absolute Gasteiger partial charge is 0.461 e. The van der Waals surface area contributed by atoms with Gasteiger partial charge >= 0.3 is 5.97 Å². The summed E-state index contributed by atoms with van der Waals surface area (Å²) in [6, 6.07) is 11.6. The van der Waals surface area contributed by atoms with Gasteiger partial charge in [0.1, 0.15) is 0 Å². The lowest BCUT2D eigenvalue weighted by atomic mass is 9.87. The van der Waals surface area contributed by atoms with Gasteiger partial charge in [0.2, 0.25) is 0 Å². The lowest BCUT2D eigenvalue weighted by molar-refractivity contribution is -0.172. The van der Waals surface area contributed by atoms with Gasteiger partial charge in [0.05, 0.1) is 14.2 Å². The molecule has 0 bridgehead atoms. The van der Waals surface area contributed by atoms with Crippen molar-refractivity contribution in [1.82, 2.24) is 0 Å². The molecule has 1 aliphatic rings. The Morgan fingerprint density at radius 1 is 1.38 bits per heavy atom. The van der Waals surface area contributed by atoms with E-state index in [4.69, 9.17) is 4.74 Å². The topological polar surface area (TPSA) is 46.5 Å². The maximum atomic E-state index is 12.4. The Kier molecular flexibility index (Phi) is 5.71. The third-order valence-electron chi connectivity index (χ3n) is 5.21. The molecule has 1 N–H and O–H groups in total. The van der Waals surface area contributed by atoms with Crippen LogP contribution in [0.25, 0.3) is 0 Å². The summed E-state index contributed by atoms with van der Waals surface area (Å²) in [5.41, 5.74) is -0.418. The van der Waals surface area contributed by atoms with Gasteiger partial charge < -0.3 is 9.84 Å².